The van der Waals surface area contributed by atoms with Gasteiger partial charge in [-0.25, -0.2) is 18.0 Å². The van der Waals surface area contributed by atoms with Crippen molar-refractivity contribution in [1.82, 2.24) is 5.32 Å². The predicted molar refractivity (Wildman–Crippen MR) is 99.3 cm³/mol. The largest absolute Gasteiger partial charge is 0.467 e. The molecule has 150 valence electrons. The maximum absolute atomic E-state index is 13.5. The number of hydrogen-bond donors (Lipinski definition) is 2. The second-order valence-corrected chi connectivity index (χ2v) is 7.79. The van der Waals surface area contributed by atoms with Crippen molar-refractivity contribution >= 4 is 28.9 Å². The molecule has 0 saturated heterocycles. The molecule has 1 aromatic heterocycles. The van der Waals surface area contributed by atoms with Gasteiger partial charge in [-0.15, -0.1) is 11.3 Å². The number of ether oxygens (including phenoxy) is 1. The second-order valence-electron chi connectivity index (χ2n) is 6.74. The van der Waals surface area contributed by atoms with Crippen LogP contribution in [-0.4, -0.2) is 24.5 Å². The molecule has 1 heterocycles. The first-order valence-corrected chi connectivity index (χ1v) is 9.54. The van der Waals surface area contributed by atoms with Crippen LogP contribution >= 0.6 is 11.3 Å². The molecule has 2 aromatic rings. The number of rotatable bonds is 4. The number of nitrogen functional groups attached to an aromatic ring is 1. The van der Waals surface area contributed by atoms with Crippen molar-refractivity contribution in [1.29, 1.82) is 0 Å². The Labute approximate surface area is 163 Å². The van der Waals surface area contributed by atoms with Gasteiger partial charge in [0.2, 0.25) is 0 Å². The van der Waals surface area contributed by atoms with Crippen LogP contribution in [0.1, 0.15) is 41.8 Å². The number of thiophene rings is 1. The average Bonchev–Trinajstić information content (AvgIpc) is 3.07. The van der Waals surface area contributed by atoms with E-state index in [4.69, 9.17) is 10.5 Å². The summed E-state index contributed by atoms with van der Waals surface area (Å²) in [6.07, 6.45) is 3.42. The topological polar surface area (TPSA) is 81.4 Å². The monoisotopic (exact) mass is 412 g/mol. The van der Waals surface area contributed by atoms with Crippen molar-refractivity contribution in [3.8, 4) is 10.4 Å². The first-order valence-electron chi connectivity index (χ1n) is 8.72. The molecule has 1 amide bonds. The molecule has 0 radical (unpaired) electrons. The minimum absolute atomic E-state index is 0.0625. The highest BCUT2D eigenvalue weighted by Gasteiger charge is 2.42. The van der Waals surface area contributed by atoms with Gasteiger partial charge in [-0.05, 0) is 36.6 Å². The molecule has 1 fully saturated rings. The Balaban J connectivity index is 1.90. The Kier molecular flexibility index (Phi) is 5.64. The zero-order valence-corrected chi connectivity index (χ0v) is 15.9. The average molecular weight is 412 g/mol. The highest BCUT2D eigenvalue weighted by molar-refractivity contribution is 7.18. The first kappa shape index (κ1) is 20.2. The number of methoxy groups -OCH3 is 1. The van der Waals surface area contributed by atoms with Gasteiger partial charge in [-0.2, -0.15) is 0 Å². The van der Waals surface area contributed by atoms with E-state index in [1.54, 1.807) is 0 Å². The van der Waals surface area contributed by atoms with Gasteiger partial charge >= 0.3 is 5.97 Å². The van der Waals surface area contributed by atoms with Gasteiger partial charge in [0.1, 0.15) is 10.4 Å². The summed E-state index contributed by atoms with van der Waals surface area (Å²) in [7, 11) is 1.26. The molecule has 0 atom stereocenters. The molecule has 5 nitrogen and oxygen atoms in total. The third-order valence-electron chi connectivity index (χ3n) is 4.87. The minimum atomic E-state index is -1.57. The summed E-state index contributed by atoms with van der Waals surface area (Å²) < 4.78 is 45.1. The quantitative estimate of drug-likeness (QED) is 0.587. The first-order chi connectivity index (χ1) is 13.3. The molecule has 9 heteroatoms. The van der Waals surface area contributed by atoms with Crippen molar-refractivity contribution in [2.24, 2.45) is 0 Å². The van der Waals surface area contributed by atoms with Crippen molar-refractivity contribution in [3.05, 3.63) is 40.5 Å². The molecule has 3 rings (SSSR count). The number of halogens is 3. The standard InChI is InChI=1S/C19H19F3N2O3S/c1-27-18(26)19(5-3-2-4-6-19)24-17(25)16-13(23)9-14(28-16)10-7-11(20)15(22)12(21)8-10/h7-9H,2-6,23H2,1H3,(H,24,25). The SMILES string of the molecule is COC(=O)C1(NC(=O)c2sc(-c3cc(F)c(F)c(F)c3)cc2N)CCCCC1. The molecule has 1 saturated carbocycles. The third-order valence-corrected chi connectivity index (χ3v) is 6.07. The van der Waals surface area contributed by atoms with E-state index in [0.29, 0.717) is 17.7 Å². The smallest absolute Gasteiger partial charge is 0.331 e. The number of amides is 1. The summed E-state index contributed by atoms with van der Waals surface area (Å²) in [6, 6.07) is 3.06. The molecule has 1 aliphatic carbocycles. The van der Waals surface area contributed by atoms with Gasteiger partial charge in [0.25, 0.3) is 5.91 Å². The van der Waals surface area contributed by atoms with Gasteiger partial charge in [0.15, 0.2) is 17.5 Å². The van der Waals surface area contributed by atoms with Crippen LogP contribution in [0.25, 0.3) is 10.4 Å². The second kappa shape index (κ2) is 7.83. The Morgan fingerprint density at radius 1 is 1.11 bits per heavy atom. The Morgan fingerprint density at radius 3 is 2.29 bits per heavy atom. The van der Waals surface area contributed by atoms with E-state index in [0.717, 1.165) is 42.7 Å². The zero-order valence-electron chi connectivity index (χ0n) is 15.1. The molecule has 0 aliphatic heterocycles. The fraction of sp³-hybridized carbons (Fsp3) is 0.368. The van der Waals surface area contributed by atoms with Gasteiger partial charge in [-0.3, -0.25) is 4.79 Å². The lowest BCUT2D eigenvalue weighted by Gasteiger charge is -2.35. The molecule has 0 unspecified atom stereocenters. The van der Waals surface area contributed by atoms with Crippen LogP contribution in [0.4, 0.5) is 18.9 Å². The number of carbonyl (C=O) groups excluding carboxylic acids is 2. The predicted octanol–water partition coefficient (Wildman–Crippen LogP) is 4.02. The highest BCUT2D eigenvalue weighted by atomic mass is 32.1. The molecule has 1 aromatic carbocycles. The lowest BCUT2D eigenvalue weighted by atomic mass is 9.81. The number of hydrogen-bond acceptors (Lipinski definition) is 5. The molecule has 1 aliphatic rings. The van der Waals surface area contributed by atoms with Crippen LogP contribution in [0, 0.1) is 17.5 Å². The van der Waals surface area contributed by atoms with Crippen LogP contribution in [0.2, 0.25) is 0 Å². The Hall–Kier alpha value is -2.55. The maximum atomic E-state index is 13.5. The number of nitrogens with two attached hydrogens (primary N) is 1. The number of anilines is 1. The molecular weight excluding hydrogens is 393 g/mol. The van der Waals surface area contributed by atoms with E-state index in [2.05, 4.69) is 5.32 Å². The molecule has 3 N–H and O–H groups in total. The van der Waals surface area contributed by atoms with Crippen LogP contribution in [0.3, 0.4) is 0 Å². The van der Waals surface area contributed by atoms with E-state index in [1.165, 1.54) is 13.2 Å². The van der Waals surface area contributed by atoms with Crippen LogP contribution in [0.5, 0.6) is 0 Å². The van der Waals surface area contributed by atoms with Gasteiger partial charge < -0.3 is 15.8 Å². The fourth-order valence-corrected chi connectivity index (χ4v) is 4.39. The number of benzene rings is 1. The summed E-state index contributed by atoms with van der Waals surface area (Å²) in [4.78, 5) is 25.5. The Bertz CT molecular complexity index is 900. The van der Waals surface area contributed by atoms with Gasteiger partial charge in [0, 0.05) is 4.88 Å². The van der Waals surface area contributed by atoms with E-state index in [1.807, 2.05) is 0 Å². The van der Waals surface area contributed by atoms with Gasteiger partial charge in [0.05, 0.1) is 12.8 Å². The van der Waals surface area contributed by atoms with Crippen molar-refractivity contribution in [3.63, 3.8) is 0 Å². The van der Waals surface area contributed by atoms with Crippen molar-refractivity contribution in [2.45, 2.75) is 37.6 Å². The summed E-state index contributed by atoms with van der Waals surface area (Å²) >= 11 is 0.906. The number of carbonyl (C=O) groups is 2. The summed E-state index contributed by atoms with van der Waals surface area (Å²) in [5, 5.41) is 2.75. The van der Waals surface area contributed by atoms with Crippen LogP contribution in [-0.2, 0) is 9.53 Å². The molecular formula is C19H19F3N2O3S. The summed E-state index contributed by atoms with van der Waals surface area (Å²) in [5.74, 6) is -5.31. The lowest BCUT2D eigenvalue weighted by molar-refractivity contribution is -0.149. The Morgan fingerprint density at radius 2 is 1.71 bits per heavy atom. The zero-order chi connectivity index (χ0) is 20.5. The summed E-state index contributed by atoms with van der Waals surface area (Å²) in [5.41, 5.74) is 4.96. The van der Waals surface area contributed by atoms with Crippen LogP contribution < -0.4 is 11.1 Å². The van der Waals surface area contributed by atoms with E-state index in [-0.39, 0.29) is 16.1 Å². The number of esters is 1. The number of nitrogens with one attached hydrogen (secondary N) is 1. The van der Waals surface area contributed by atoms with E-state index >= 15 is 0 Å². The normalized spacial score (nSPS) is 15.9. The summed E-state index contributed by atoms with van der Waals surface area (Å²) in [6.45, 7) is 0. The van der Waals surface area contributed by atoms with Crippen molar-refractivity contribution in [2.75, 3.05) is 12.8 Å². The minimum Gasteiger partial charge on any atom is -0.467 e. The fourth-order valence-electron chi connectivity index (χ4n) is 3.43. The van der Waals surface area contributed by atoms with Crippen LogP contribution in [0.15, 0.2) is 18.2 Å². The molecule has 0 spiro atoms. The van der Waals surface area contributed by atoms with Crippen molar-refractivity contribution < 1.29 is 27.5 Å². The molecule has 0 bridgehead atoms. The highest BCUT2D eigenvalue weighted by Crippen LogP contribution is 2.36. The third kappa shape index (κ3) is 3.71. The maximum Gasteiger partial charge on any atom is 0.331 e. The van der Waals surface area contributed by atoms with Gasteiger partial charge in [-0.1, -0.05) is 19.3 Å². The van der Waals surface area contributed by atoms with E-state index < -0.39 is 34.9 Å². The van der Waals surface area contributed by atoms with E-state index in [9.17, 15) is 22.8 Å². The lowest BCUT2D eigenvalue weighted by Crippen LogP contribution is -2.56. The molecule has 28 heavy (non-hydrogen) atoms.